The molecule has 5 nitrogen and oxygen atoms in total. The molecular formula is C20H14N2O3S2. The summed E-state index contributed by atoms with van der Waals surface area (Å²) >= 11 is 2.43. The molecule has 0 fully saturated rings. The molecule has 27 heavy (non-hydrogen) atoms. The van der Waals surface area contributed by atoms with Gasteiger partial charge in [-0.1, -0.05) is 48.2 Å². The van der Waals surface area contributed by atoms with Gasteiger partial charge in [-0.2, -0.15) is 5.26 Å². The summed E-state index contributed by atoms with van der Waals surface area (Å²) in [5.41, 5.74) is 0.719. The van der Waals surface area contributed by atoms with Crippen LogP contribution in [0, 0.1) is 11.3 Å². The molecule has 2 aromatic heterocycles. The monoisotopic (exact) mass is 394 g/mol. The van der Waals surface area contributed by atoms with Crippen molar-refractivity contribution < 1.29 is 9.59 Å². The summed E-state index contributed by atoms with van der Waals surface area (Å²) in [6, 6.07) is 15.8. The number of rotatable bonds is 5. The molecular weight excluding hydrogens is 380 g/mol. The van der Waals surface area contributed by atoms with Crippen LogP contribution in [0.15, 0.2) is 63.7 Å². The average molecular weight is 394 g/mol. The van der Waals surface area contributed by atoms with E-state index in [1.165, 1.54) is 24.3 Å². The Morgan fingerprint density at radius 2 is 1.93 bits per heavy atom. The van der Waals surface area contributed by atoms with Gasteiger partial charge in [-0.25, -0.2) is 4.57 Å². The summed E-state index contributed by atoms with van der Waals surface area (Å²) in [5.74, 6) is -0.628. The van der Waals surface area contributed by atoms with Crippen molar-refractivity contribution in [1.82, 2.24) is 4.57 Å². The zero-order valence-electron chi connectivity index (χ0n) is 14.3. The second-order valence-corrected chi connectivity index (χ2v) is 7.51. The minimum atomic E-state index is -0.514. The van der Waals surface area contributed by atoms with Crippen LogP contribution >= 0.6 is 23.1 Å². The number of aromatic nitrogens is 1. The van der Waals surface area contributed by atoms with Crippen LogP contribution in [0.25, 0.3) is 10.4 Å². The number of thioether (sulfide) groups is 1. The number of carbonyl (C=O) groups excluding carboxylic acids is 2. The van der Waals surface area contributed by atoms with Gasteiger partial charge < -0.3 is 0 Å². The van der Waals surface area contributed by atoms with Gasteiger partial charge in [0.05, 0.1) is 11.3 Å². The van der Waals surface area contributed by atoms with E-state index in [0.29, 0.717) is 11.1 Å². The maximum absolute atomic E-state index is 12.5. The van der Waals surface area contributed by atoms with Gasteiger partial charge in [0.1, 0.15) is 11.1 Å². The van der Waals surface area contributed by atoms with Crippen LogP contribution in [0.2, 0.25) is 0 Å². The lowest BCUT2D eigenvalue weighted by Crippen LogP contribution is -2.27. The molecule has 0 amide bonds. The molecule has 0 saturated carbocycles. The quantitative estimate of drug-likeness (QED) is 0.481. The number of hydrogen-bond acceptors (Lipinski definition) is 6. The van der Waals surface area contributed by atoms with Gasteiger partial charge in [0.15, 0.2) is 5.78 Å². The van der Waals surface area contributed by atoms with Crippen LogP contribution in [-0.4, -0.2) is 22.0 Å². The number of thiophene rings is 1. The summed E-state index contributed by atoms with van der Waals surface area (Å²) in [6.45, 7) is 1.26. The highest BCUT2D eigenvalue weighted by molar-refractivity contribution is 8.00. The van der Waals surface area contributed by atoms with Crippen LogP contribution < -0.4 is 5.56 Å². The van der Waals surface area contributed by atoms with Crippen molar-refractivity contribution in [1.29, 1.82) is 5.26 Å². The molecule has 0 aliphatic carbocycles. The standard InChI is InChI=1S/C20H14N2O3S2/c1-13(23)22-19(25)10-15(18-8-5-9-26-18)16(11-21)20(22)27-12-17(24)14-6-3-2-4-7-14/h2-10H,12H2,1H3. The molecule has 0 bridgehead atoms. The summed E-state index contributed by atoms with van der Waals surface area (Å²) in [7, 11) is 0. The van der Waals surface area contributed by atoms with E-state index in [1.807, 2.05) is 23.6 Å². The number of ketones is 1. The summed E-state index contributed by atoms with van der Waals surface area (Å²) < 4.78 is 0.957. The van der Waals surface area contributed by atoms with Gasteiger partial charge in [0, 0.05) is 29.0 Å². The molecule has 2 heterocycles. The molecule has 7 heteroatoms. The first-order valence-electron chi connectivity index (χ1n) is 7.99. The normalized spacial score (nSPS) is 10.4. The lowest BCUT2D eigenvalue weighted by molar-refractivity contribution is 0.0920. The Morgan fingerprint density at radius 3 is 2.52 bits per heavy atom. The number of benzene rings is 1. The fourth-order valence-corrected chi connectivity index (χ4v) is 4.43. The maximum atomic E-state index is 12.5. The number of nitriles is 1. The predicted octanol–water partition coefficient (Wildman–Crippen LogP) is 4.08. The Morgan fingerprint density at radius 1 is 1.19 bits per heavy atom. The van der Waals surface area contributed by atoms with Gasteiger partial charge in [-0.3, -0.25) is 14.4 Å². The molecule has 1 aromatic carbocycles. The highest BCUT2D eigenvalue weighted by atomic mass is 32.2. The smallest absolute Gasteiger partial charge is 0.258 e. The Bertz CT molecular complexity index is 1090. The molecule has 3 aromatic rings. The minimum Gasteiger partial charge on any atom is -0.293 e. The van der Waals surface area contributed by atoms with Crippen molar-refractivity contribution in [3.05, 3.63) is 75.4 Å². The molecule has 0 aliphatic rings. The van der Waals surface area contributed by atoms with E-state index in [0.717, 1.165) is 21.2 Å². The molecule has 0 unspecified atom stereocenters. The third-order valence-electron chi connectivity index (χ3n) is 3.82. The molecule has 0 N–H and O–H groups in total. The van der Waals surface area contributed by atoms with Gasteiger partial charge in [-0.15, -0.1) is 11.3 Å². The Labute approximate surface area is 163 Å². The fourth-order valence-electron chi connectivity index (χ4n) is 2.60. The molecule has 0 aliphatic heterocycles. The van der Waals surface area contributed by atoms with E-state index < -0.39 is 11.5 Å². The van der Waals surface area contributed by atoms with E-state index in [4.69, 9.17) is 0 Å². The summed E-state index contributed by atoms with van der Waals surface area (Å²) in [6.07, 6.45) is 0. The number of hydrogen-bond donors (Lipinski definition) is 0. The Hall–Kier alpha value is -2.95. The first kappa shape index (κ1) is 18.8. The maximum Gasteiger partial charge on any atom is 0.258 e. The molecule has 0 saturated heterocycles. The van der Waals surface area contributed by atoms with Crippen molar-refractivity contribution in [3.8, 4) is 16.5 Å². The van der Waals surface area contributed by atoms with Gasteiger partial charge in [0.25, 0.3) is 5.56 Å². The van der Waals surface area contributed by atoms with Crippen molar-refractivity contribution >= 4 is 34.8 Å². The van der Waals surface area contributed by atoms with Crippen molar-refractivity contribution in [2.75, 3.05) is 5.75 Å². The van der Waals surface area contributed by atoms with Crippen molar-refractivity contribution in [3.63, 3.8) is 0 Å². The summed E-state index contributed by atoms with van der Waals surface area (Å²) in [5, 5.41) is 11.8. The van der Waals surface area contributed by atoms with E-state index in [1.54, 1.807) is 24.3 Å². The first-order chi connectivity index (χ1) is 13.0. The zero-order valence-corrected chi connectivity index (χ0v) is 16.0. The Kier molecular flexibility index (Phi) is 5.69. The second-order valence-electron chi connectivity index (χ2n) is 5.60. The third-order valence-corrected chi connectivity index (χ3v) is 5.79. The van der Waals surface area contributed by atoms with Gasteiger partial charge in [-0.05, 0) is 11.4 Å². The SMILES string of the molecule is CC(=O)n1c(SCC(=O)c2ccccc2)c(C#N)c(-c2cccs2)cc1=O. The topological polar surface area (TPSA) is 79.9 Å². The zero-order chi connectivity index (χ0) is 19.4. The number of nitrogens with zero attached hydrogens (tertiary/aromatic N) is 2. The van der Waals surface area contributed by atoms with E-state index in [9.17, 15) is 19.6 Å². The molecule has 0 radical (unpaired) electrons. The minimum absolute atomic E-state index is 0.0132. The second kappa shape index (κ2) is 8.16. The van der Waals surface area contributed by atoms with Crippen LogP contribution in [-0.2, 0) is 0 Å². The van der Waals surface area contributed by atoms with Crippen molar-refractivity contribution in [2.45, 2.75) is 11.9 Å². The largest absolute Gasteiger partial charge is 0.293 e. The molecule has 3 rings (SSSR count). The Balaban J connectivity index is 2.07. The number of carbonyl (C=O) groups is 2. The third kappa shape index (κ3) is 3.92. The van der Waals surface area contributed by atoms with E-state index >= 15 is 0 Å². The van der Waals surface area contributed by atoms with Crippen LogP contribution in [0.1, 0.15) is 27.6 Å². The van der Waals surface area contributed by atoms with E-state index in [-0.39, 0.29) is 22.1 Å². The lowest BCUT2D eigenvalue weighted by atomic mass is 10.1. The van der Waals surface area contributed by atoms with E-state index in [2.05, 4.69) is 6.07 Å². The fraction of sp³-hybridized carbons (Fsp3) is 0.100. The van der Waals surface area contributed by atoms with Crippen LogP contribution in [0.5, 0.6) is 0 Å². The molecule has 0 atom stereocenters. The van der Waals surface area contributed by atoms with Gasteiger partial charge >= 0.3 is 0 Å². The van der Waals surface area contributed by atoms with Crippen molar-refractivity contribution in [2.24, 2.45) is 0 Å². The van der Waals surface area contributed by atoms with Crippen LogP contribution in [0.3, 0.4) is 0 Å². The predicted molar refractivity (Wildman–Crippen MR) is 107 cm³/mol. The number of Topliss-reactive ketones (excluding diaryl/α,β-unsaturated/α-hetero) is 1. The highest BCUT2D eigenvalue weighted by Crippen LogP contribution is 2.32. The first-order valence-corrected chi connectivity index (χ1v) is 9.85. The summed E-state index contributed by atoms with van der Waals surface area (Å²) in [4.78, 5) is 37.7. The highest BCUT2D eigenvalue weighted by Gasteiger charge is 2.21. The average Bonchev–Trinajstić information content (AvgIpc) is 3.20. The number of pyridine rings is 1. The molecule has 134 valence electrons. The van der Waals surface area contributed by atoms with Crippen LogP contribution in [0.4, 0.5) is 0 Å². The molecule has 0 spiro atoms. The lowest BCUT2D eigenvalue weighted by Gasteiger charge is -2.13. The van der Waals surface area contributed by atoms with Gasteiger partial charge in [0.2, 0.25) is 5.91 Å².